The molecular weight excluding hydrogens is 1080 g/mol. The van der Waals surface area contributed by atoms with Crippen molar-refractivity contribution in [3.8, 4) is 17.2 Å². The molecule has 26 nitrogen and oxygen atoms in total. The van der Waals surface area contributed by atoms with Gasteiger partial charge < -0.3 is 108 Å². The molecule has 0 saturated carbocycles. The minimum Gasteiger partial charge on any atom is -0.507 e. The molecule has 0 bridgehead atoms. The summed E-state index contributed by atoms with van der Waals surface area (Å²) >= 11 is 0. The van der Waals surface area contributed by atoms with E-state index in [-0.39, 0.29) is 66.2 Å². The van der Waals surface area contributed by atoms with Gasteiger partial charge in [-0.2, -0.15) is 0 Å². The van der Waals surface area contributed by atoms with Crippen LogP contribution in [0.4, 0.5) is 0 Å². The molecule has 0 amide bonds. The number of benzene rings is 2. The van der Waals surface area contributed by atoms with Crippen LogP contribution in [0.2, 0.25) is 0 Å². The molecule has 454 valence electrons. The number of fused-ring (bicyclic) bond motifs is 2. The fraction of sp³-hybridized carbons (Fsp3) is 0.745. The number of aliphatic hydroxyl groups is 7. The van der Waals surface area contributed by atoms with E-state index >= 15 is 0 Å². The van der Waals surface area contributed by atoms with Crippen molar-refractivity contribution in [3.63, 3.8) is 0 Å². The number of phenols is 2. The normalized spacial score (nSPS) is 40.4. The van der Waals surface area contributed by atoms with Crippen molar-refractivity contribution in [1.29, 1.82) is 0 Å². The molecule has 5 aliphatic heterocycles. The molecule has 0 radical (unpaired) electrons. The van der Waals surface area contributed by atoms with Crippen LogP contribution in [-0.4, -0.2) is 223 Å². The summed E-state index contributed by atoms with van der Waals surface area (Å²) in [6.07, 6.45) is -27.2. The molecule has 6 aliphatic rings. The van der Waals surface area contributed by atoms with Gasteiger partial charge in [0.2, 0.25) is 6.29 Å². The van der Waals surface area contributed by atoms with Gasteiger partial charge in [-0.05, 0) is 78.0 Å². The second kappa shape index (κ2) is 25.5. The molecule has 0 aromatic heterocycles. The van der Waals surface area contributed by atoms with Crippen LogP contribution in [-0.2, 0) is 77.6 Å². The lowest BCUT2D eigenvalue weighted by molar-refractivity contribution is -0.334. The fourth-order valence-electron chi connectivity index (χ4n) is 12.0. The van der Waals surface area contributed by atoms with Gasteiger partial charge in [-0.25, -0.2) is 0 Å². The summed E-state index contributed by atoms with van der Waals surface area (Å²) in [4.78, 5) is 52.4. The highest BCUT2D eigenvalue weighted by Gasteiger charge is 2.52. The number of esters is 2. The Balaban J connectivity index is 1.01. The van der Waals surface area contributed by atoms with Crippen LogP contribution in [0.3, 0.4) is 0 Å². The second-order valence-electron chi connectivity index (χ2n) is 22.5. The third kappa shape index (κ3) is 13.8. The van der Waals surface area contributed by atoms with E-state index in [2.05, 4.69) is 0 Å². The van der Waals surface area contributed by atoms with E-state index in [9.17, 15) is 65.1 Å². The number of methoxy groups -OCH3 is 1. The summed E-state index contributed by atoms with van der Waals surface area (Å²) in [5.41, 5.74) is -1.81. The molecule has 81 heavy (non-hydrogen) atoms. The quantitative estimate of drug-likeness (QED) is 0.0979. The number of carbonyl (C=O) groups excluding carboxylic acids is 4. The van der Waals surface area contributed by atoms with E-state index in [0.717, 1.165) is 6.92 Å². The Morgan fingerprint density at radius 2 is 1.21 bits per heavy atom. The lowest BCUT2D eigenvalue weighted by Gasteiger charge is -2.46. The molecule has 1 aliphatic carbocycles. The van der Waals surface area contributed by atoms with Crippen molar-refractivity contribution in [3.05, 3.63) is 29.3 Å². The highest BCUT2D eigenvalue weighted by atomic mass is 16.7. The van der Waals surface area contributed by atoms with Crippen LogP contribution >= 0.6 is 0 Å². The zero-order valence-electron chi connectivity index (χ0n) is 46.8. The Kier molecular flexibility index (Phi) is 19.8. The molecule has 5 heterocycles. The monoisotopic (exact) mass is 1150 g/mol. The summed E-state index contributed by atoms with van der Waals surface area (Å²) in [5, 5.41) is 101. The molecule has 2 aromatic rings. The maximum atomic E-state index is 14.9. The number of rotatable bonds is 17. The minimum absolute atomic E-state index is 0.0185. The molecule has 5 saturated heterocycles. The highest BCUT2D eigenvalue weighted by Crippen LogP contribution is 2.46. The molecule has 0 unspecified atom stereocenters. The van der Waals surface area contributed by atoms with E-state index < -0.39 is 188 Å². The van der Waals surface area contributed by atoms with Crippen molar-refractivity contribution in [2.45, 2.75) is 248 Å². The van der Waals surface area contributed by atoms with E-state index in [1.807, 2.05) is 0 Å². The van der Waals surface area contributed by atoms with Crippen molar-refractivity contribution in [1.82, 2.24) is 0 Å². The van der Waals surface area contributed by atoms with Crippen LogP contribution in [0.15, 0.2) is 18.2 Å². The predicted octanol–water partition coefficient (Wildman–Crippen LogP) is 0.584. The lowest BCUT2D eigenvalue weighted by Crippen LogP contribution is -2.59. The minimum atomic E-state index is -2.16. The van der Waals surface area contributed by atoms with Crippen molar-refractivity contribution < 1.29 is 127 Å². The summed E-state index contributed by atoms with van der Waals surface area (Å²) < 4.78 is 77.7. The largest absolute Gasteiger partial charge is 0.507 e. The number of carbonyl (C=O) groups is 4. The first-order chi connectivity index (χ1) is 38.0. The van der Waals surface area contributed by atoms with Crippen LogP contribution in [0.5, 0.6) is 17.2 Å². The Labute approximate surface area is 467 Å². The second-order valence-corrected chi connectivity index (χ2v) is 22.5. The standard InChI is InChI=1S/C55H78O26/c1-20(56)44(61)50(67)47(64)31-13-29-11-28-12-30(77-38-18-36(52(24(5)73-38)75-26(7)57)80-37-15-33(60)51(69-10)23(4)72-37)14-32(59)42(28)48(65)43(29)49(66)53(31)81-40-17-34(45(62)22(3)71-40)78-39-16-35(46(63)21(2)70-39)79-41-19-55(9,68)54(25(6)74-41)76-27(8)58/h11-12,14,20-25,31,33-41,44-47,51-54,56,59-65,68H,13,15-19H2,1-10H3/t20-,21+,22+,23+,24+,25+,31+,33+,34+,35+,36-,37-,38-,39-,40-,41-,44+,45-,46-,47+,51-,52-,53-,54+,55-/m0/s1. The highest BCUT2D eigenvalue weighted by molar-refractivity contribution is 6.11. The van der Waals surface area contributed by atoms with E-state index in [0.29, 0.717) is 0 Å². The van der Waals surface area contributed by atoms with Crippen LogP contribution in [0, 0.1) is 5.92 Å². The van der Waals surface area contributed by atoms with Gasteiger partial charge in [0.25, 0.3) is 0 Å². The van der Waals surface area contributed by atoms with Crippen LogP contribution in [0.25, 0.3) is 10.8 Å². The number of phenolic OH excluding ortho intramolecular Hbond substituents is 2. The Morgan fingerprint density at radius 1 is 0.679 bits per heavy atom. The first kappa shape index (κ1) is 62.7. The van der Waals surface area contributed by atoms with Gasteiger partial charge in [0.05, 0.1) is 65.9 Å². The third-order valence-corrected chi connectivity index (χ3v) is 16.0. The summed E-state index contributed by atoms with van der Waals surface area (Å²) in [6, 6.07) is 4.06. The van der Waals surface area contributed by atoms with Crippen LogP contribution in [0.1, 0.15) is 110 Å². The summed E-state index contributed by atoms with van der Waals surface area (Å²) in [7, 11) is 1.46. The zero-order valence-corrected chi connectivity index (χ0v) is 46.8. The van der Waals surface area contributed by atoms with E-state index in [4.69, 9.17) is 61.6 Å². The summed E-state index contributed by atoms with van der Waals surface area (Å²) in [6.45, 7) is 13.1. The first-order valence-corrected chi connectivity index (χ1v) is 27.4. The summed E-state index contributed by atoms with van der Waals surface area (Å²) in [5.74, 6) is -6.12. The Morgan fingerprint density at radius 3 is 1.79 bits per heavy atom. The number of aromatic hydroxyl groups is 2. The average Bonchev–Trinajstić information content (AvgIpc) is 3.40. The molecule has 0 spiro atoms. The van der Waals surface area contributed by atoms with E-state index in [1.54, 1.807) is 27.7 Å². The van der Waals surface area contributed by atoms with Gasteiger partial charge in [0.15, 0.2) is 48.9 Å². The predicted molar refractivity (Wildman–Crippen MR) is 273 cm³/mol. The maximum Gasteiger partial charge on any atom is 0.303 e. The van der Waals surface area contributed by atoms with Gasteiger partial charge in [-0.1, -0.05) is 0 Å². The zero-order chi connectivity index (χ0) is 59.3. The Bertz CT molecular complexity index is 2550. The fourth-order valence-corrected chi connectivity index (χ4v) is 12.0. The van der Waals surface area contributed by atoms with Crippen molar-refractivity contribution >= 4 is 34.3 Å². The molecular formula is C55H78O26. The van der Waals surface area contributed by atoms with E-state index in [1.165, 1.54) is 53.0 Å². The number of Topliss-reactive ketones (excluding diaryl/α,β-unsaturated/α-hetero) is 2. The van der Waals surface area contributed by atoms with Crippen molar-refractivity contribution in [2.75, 3.05) is 7.11 Å². The number of hydrogen-bond donors (Lipinski definition) is 9. The Hall–Kier alpha value is -4.30. The number of aliphatic hydroxyl groups excluding tert-OH is 6. The SMILES string of the molecule is CO[C@@H]1[C@H](O)C[C@H](O[C@H]2C[C@H](Oc3cc(O)c4c(O)c5c(cc4c3)C[C@H]([C@@H](O)C(=O)[C@H](O)[C@H](C)O)[C@H](O[C@H]3C[C@@H](O[C@H]4C[C@@H](O[C@H]6C[C@](C)(O)[C@H](OC(C)=O)[C@@H](C)O6)[C@@H](O)[C@@H](C)O4)[C@@H](O)[C@@H](C)O3)C5=O)O[C@H](C)[C@@H]2OC(C)=O)O[C@@H]1C. The molecule has 8 rings (SSSR count). The molecule has 5 fully saturated rings. The maximum absolute atomic E-state index is 14.9. The van der Waals surface area contributed by atoms with Gasteiger partial charge >= 0.3 is 11.9 Å². The number of hydrogen-bond acceptors (Lipinski definition) is 26. The number of ketones is 2. The van der Waals surface area contributed by atoms with Gasteiger partial charge in [0.1, 0.15) is 65.6 Å². The molecule has 25 atom stereocenters. The third-order valence-electron chi connectivity index (χ3n) is 16.0. The van der Waals surface area contributed by atoms with Gasteiger partial charge in [-0.3, -0.25) is 19.2 Å². The molecule has 9 N–H and O–H groups in total. The first-order valence-electron chi connectivity index (χ1n) is 27.4. The smallest absolute Gasteiger partial charge is 0.303 e. The van der Waals surface area contributed by atoms with Crippen molar-refractivity contribution in [2.24, 2.45) is 5.92 Å². The molecule has 2 aromatic carbocycles. The van der Waals surface area contributed by atoms with Gasteiger partial charge in [-0.15, -0.1) is 0 Å². The number of ether oxygens (including phenoxy) is 13. The van der Waals surface area contributed by atoms with Crippen LogP contribution < -0.4 is 4.74 Å². The lowest BCUT2D eigenvalue weighted by atomic mass is 9.75. The van der Waals surface area contributed by atoms with Gasteiger partial charge in [0, 0.05) is 65.0 Å². The topological polar surface area (TPSA) is 370 Å². The average molecular weight is 1160 g/mol. The molecule has 26 heteroatoms.